The highest BCUT2D eigenvalue weighted by molar-refractivity contribution is 5.62. The molecule has 0 bridgehead atoms. The van der Waals surface area contributed by atoms with E-state index in [-0.39, 0.29) is 0 Å². The molecule has 1 aromatic carbocycles. The molecule has 122 valence electrons. The zero-order valence-corrected chi connectivity index (χ0v) is 14.9. The van der Waals surface area contributed by atoms with Crippen LogP contribution in [-0.2, 0) is 0 Å². The van der Waals surface area contributed by atoms with Crippen molar-refractivity contribution >= 4 is 5.69 Å². The van der Waals surface area contributed by atoms with Gasteiger partial charge in [-0.25, -0.2) is 0 Å². The molecule has 0 fully saturated rings. The fraction of sp³-hybridized carbons (Fsp3) is 0.364. The quantitative estimate of drug-likeness (QED) is 0.612. The number of benzene rings is 1. The molecular formula is C22H29N. The van der Waals surface area contributed by atoms with Crippen LogP contribution in [0.4, 0.5) is 5.69 Å². The lowest BCUT2D eigenvalue weighted by atomic mass is 9.99. The van der Waals surface area contributed by atoms with Crippen molar-refractivity contribution in [3.8, 4) is 0 Å². The molecule has 0 saturated carbocycles. The third-order valence-electron chi connectivity index (χ3n) is 4.12. The number of nitrogens with zero attached hydrogens (tertiary/aromatic N) is 1. The summed E-state index contributed by atoms with van der Waals surface area (Å²) in [5.41, 5.74) is 5.25. The highest BCUT2D eigenvalue weighted by atomic mass is 15.2. The van der Waals surface area contributed by atoms with Crippen LogP contribution in [0, 0.1) is 12.8 Å². The van der Waals surface area contributed by atoms with Gasteiger partial charge in [0.1, 0.15) is 0 Å². The predicted octanol–water partition coefficient (Wildman–Crippen LogP) is 6.54. The van der Waals surface area contributed by atoms with Crippen molar-refractivity contribution in [2.75, 3.05) is 4.90 Å². The number of rotatable bonds is 3. The SMILES string of the molecule is CC.Cc1ccc(N(C2=CCC(C)C=C2)C2=CC=CCC2)cc1. The van der Waals surface area contributed by atoms with E-state index in [0.717, 1.165) is 19.3 Å². The standard InChI is InChI=1S/C20H23N.C2H6/c1-16-8-12-19(13-9-16)21(18-6-4-3-5-7-18)20-14-10-17(2)11-15-20;1-2/h3-4,6,8-10,12-15,17H,5,7,11H2,1-2H3;1-2H3. The Hall–Kier alpha value is -2.02. The Bertz CT molecular complexity index is 614. The number of allylic oxidation sites excluding steroid dienone is 7. The van der Waals surface area contributed by atoms with Gasteiger partial charge >= 0.3 is 0 Å². The van der Waals surface area contributed by atoms with Crippen LogP contribution in [0.15, 0.2) is 72.1 Å². The zero-order valence-electron chi connectivity index (χ0n) is 14.9. The molecule has 2 aliphatic carbocycles. The lowest BCUT2D eigenvalue weighted by molar-refractivity contribution is 0.725. The smallest absolute Gasteiger partial charge is 0.0458 e. The number of hydrogen-bond donors (Lipinski definition) is 0. The zero-order chi connectivity index (χ0) is 16.7. The van der Waals surface area contributed by atoms with Gasteiger partial charge in [-0.15, -0.1) is 0 Å². The maximum absolute atomic E-state index is 2.41. The Balaban J connectivity index is 0.000000924. The molecule has 0 aromatic heterocycles. The first kappa shape index (κ1) is 17.3. The van der Waals surface area contributed by atoms with Crippen molar-refractivity contribution in [1.82, 2.24) is 0 Å². The summed E-state index contributed by atoms with van der Waals surface area (Å²) >= 11 is 0. The Kier molecular flexibility index (Phi) is 6.46. The molecule has 2 aliphatic rings. The molecule has 1 aromatic rings. The molecule has 1 nitrogen and oxygen atoms in total. The topological polar surface area (TPSA) is 3.24 Å². The van der Waals surface area contributed by atoms with Gasteiger partial charge in [-0.2, -0.15) is 0 Å². The Labute approximate surface area is 141 Å². The maximum Gasteiger partial charge on any atom is 0.0458 e. The van der Waals surface area contributed by atoms with E-state index < -0.39 is 0 Å². The maximum atomic E-state index is 2.41. The van der Waals surface area contributed by atoms with E-state index in [1.165, 1.54) is 22.6 Å². The molecule has 0 N–H and O–H groups in total. The second-order valence-corrected chi connectivity index (χ2v) is 6.00. The van der Waals surface area contributed by atoms with Crippen molar-refractivity contribution in [3.05, 3.63) is 77.7 Å². The van der Waals surface area contributed by atoms with Crippen molar-refractivity contribution in [2.24, 2.45) is 5.92 Å². The van der Waals surface area contributed by atoms with Crippen molar-refractivity contribution in [2.45, 2.75) is 47.0 Å². The normalized spacial score (nSPS) is 19.4. The van der Waals surface area contributed by atoms with Gasteiger partial charge in [0.25, 0.3) is 0 Å². The third kappa shape index (κ3) is 4.48. The third-order valence-corrected chi connectivity index (χ3v) is 4.12. The molecule has 1 unspecified atom stereocenters. The van der Waals surface area contributed by atoms with Gasteiger partial charge in [0.05, 0.1) is 0 Å². The van der Waals surface area contributed by atoms with Crippen molar-refractivity contribution in [1.29, 1.82) is 0 Å². The van der Waals surface area contributed by atoms with E-state index in [1.54, 1.807) is 0 Å². The molecular weight excluding hydrogens is 278 g/mol. The van der Waals surface area contributed by atoms with Gasteiger partial charge < -0.3 is 4.90 Å². The summed E-state index contributed by atoms with van der Waals surface area (Å²) in [6.07, 6.45) is 17.0. The van der Waals surface area contributed by atoms with E-state index in [0.29, 0.717) is 5.92 Å². The van der Waals surface area contributed by atoms with Crippen LogP contribution in [0.3, 0.4) is 0 Å². The van der Waals surface area contributed by atoms with E-state index in [9.17, 15) is 0 Å². The van der Waals surface area contributed by atoms with Crippen LogP contribution in [0.2, 0.25) is 0 Å². The molecule has 1 heteroatoms. The molecule has 0 aliphatic heterocycles. The summed E-state index contributed by atoms with van der Waals surface area (Å²) in [5.74, 6) is 0.647. The highest BCUT2D eigenvalue weighted by Crippen LogP contribution is 2.31. The van der Waals surface area contributed by atoms with Gasteiger partial charge in [-0.3, -0.25) is 0 Å². The number of aryl methyl sites for hydroxylation is 1. The van der Waals surface area contributed by atoms with E-state index in [2.05, 4.69) is 79.5 Å². The Morgan fingerprint density at radius 1 is 1.09 bits per heavy atom. The molecule has 0 amide bonds. The molecule has 0 radical (unpaired) electrons. The second-order valence-electron chi connectivity index (χ2n) is 6.00. The summed E-state index contributed by atoms with van der Waals surface area (Å²) in [7, 11) is 0. The second kappa shape index (κ2) is 8.57. The first-order valence-electron chi connectivity index (χ1n) is 8.85. The fourth-order valence-electron chi connectivity index (χ4n) is 2.83. The lowest BCUT2D eigenvalue weighted by Gasteiger charge is -2.31. The van der Waals surface area contributed by atoms with Crippen LogP contribution >= 0.6 is 0 Å². The monoisotopic (exact) mass is 307 g/mol. The van der Waals surface area contributed by atoms with E-state index in [1.807, 2.05) is 13.8 Å². The molecule has 3 rings (SSSR count). The summed E-state index contributed by atoms with van der Waals surface area (Å²) in [5, 5.41) is 0. The van der Waals surface area contributed by atoms with Crippen LogP contribution in [0.5, 0.6) is 0 Å². The number of hydrogen-bond acceptors (Lipinski definition) is 1. The minimum atomic E-state index is 0.647. The average molecular weight is 307 g/mol. The van der Waals surface area contributed by atoms with E-state index >= 15 is 0 Å². The summed E-state index contributed by atoms with van der Waals surface area (Å²) in [4.78, 5) is 2.41. The van der Waals surface area contributed by atoms with Crippen molar-refractivity contribution < 1.29 is 0 Å². The van der Waals surface area contributed by atoms with Crippen LogP contribution in [-0.4, -0.2) is 0 Å². The minimum Gasteiger partial charge on any atom is -0.315 e. The van der Waals surface area contributed by atoms with Crippen LogP contribution in [0.25, 0.3) is 0 Å². The summed E-state index contributed by atoms with van der Waals surface area (Å²) in [6, 6.07) is 8.83. The first-order chi connectivity index (χ1) is 11.2. The van der Waals surface area contributed by atoms with Gasteiger partial charge in [-0.05, 0) is 56.4 Å². The predicted molar refractivity (Wildman–Crippen MR) is 102 cm³/mol. The largest absolute Gasteiger partial charge is 0.315 e. The first-order valence-corrected chi connectivity index (χ1v) is 8.85. The molecule has 1 atom stereocenters. The molecule has 0 saturated heterocycles. The molecule has 23 heavy (non-hydrogen) atoms. The number of anilines is 1. The highest BCUT2D eigenvalue weighted by Gasteiger charge is 2.17. The van der Waals surface area contributed by atoms with Crippen LogP contribution < -0.4 is 4.90 Å². The van der Waals surface area contributed by atoms with Crippen molar-refractivity contribution in [3.63, 3.8) is 0 Å². The Morgan fingerprint density at radius 2 is 1.83 bits per heavy atom. The Morgan fingerprint density at radius 3 is 2.39 bits per heavy atom. The lowest BCUT2D eigenvalue weighted by Crippen LogP contribution is -2.22. The minimum absolute atomic E-state index is 0.647. The van der Waals surface area contributed by atoms with Gasteiger partial charge in [-0.1, -0.05) is 62.8 Å². The average Bonchev–Trinajstić information content (AvgIpc) is 2.61. The van der Waals surface area contributed by atoms with E-state index in [4.69, 9.17) is 0 Å². The van der Waals surface area contributed by atoms with Gasteiger partial charge in [0.15, 0.2) is 0 Å². The summed E-state index contributed by atoms with van der Waals surface area (Å²) < 4.78 is 0. The molecule has 0 spiro atoms. The van der Waals surface area contributed by atoms with Gasteiger partial charge in [0, 0.05) is 17.1 Å². The van der Waals surface area contributed by atoms with Gasteiger partial charge in [0.2, 0.25) is 0 Å². The molecule has 0 heterocycles. The fourth-order valence-corrected chi connectivity index (χ4v) is 2.83. The van der Waals surface area contributed by atoms with Crippen LogP contribution in [0.1, 0.15) is 45.6 Å². The summed E-state index contributed by atoms with van der Waals surface area (Å²) in [6.45, 7) is 8.40.